The summed E-state index contributed by atoms with van der Waals surface area (Å²) >= 11 is 1.43. The van der Waals surface area contributed by atoms with Gasteiger partial charge in [-0.1, -0.05) is 30.0 Å². The fourth-order valence-corrected chi connectivity index (χ4v) is 2.86. The Morgan fingerprint density at radius 1 is 1.19 bits per heavy atom. The molecular formula is C15H16N2O3S. The molecule has 0 saturated carbocycles. The van der Waals surface area contributed by atoms with Gasteiger partial charge in [0.2, 0.25) is 0 Å². The van der Waals surface area contributed by atoms with Crippen LogP contribution >= 0.6 is 11.8 Å². The number of benzene rings is 1. The van der Waals surface area contributed by atoms with Crippen LogP contribution in [0.2, 0.25) is 0 Å². The van der Waals surface area contributed by atoms with E-state index in [9.17, 15) is 5.11 Å². The lowest BCUT2D eigenvalue weighted by molar-refractivity contribution is 0.0777. The zero-order valence-corrected chi connectivity index (χ0v) is 12.7. The SMILES string of the molecule is CC(C)(O)CCSc1nnc(-c2cc3ccccc3o2)o1. The summed E-state index contributed by atoms with van der Waals surface area (Å²) in [4.78, 5) is 0. The van der Waals surface area contributed by atoms with E-state index < -0.39 is 5.60 Å². The van der Waals surface area contributed by atoms with E-state index in [0.29, 0.717) is 29.0 Å². The Bertz CT molecular complexity index is 710. The molecule has 21 heavy (non-hydrogen) atoms. The Morgan fingerprint density at radius 2 is 2.00 bits per heavy atom. The molecule has 0 unspecified atom stereocenters. The summed E-state index contributed by atoms with van der Waals surface area (Å²) in [6.45, 7) is 3.56. The predicted octanol–water partition coefficient (Wildman–Crippen LogP) is 3.74. The molecule has 0 aliphatic heterocycles. The third-order valence-electron chi connectivity index (χ3n) is 2.98. The molecule has 3 rings (SSSR count). The van der Waals surface area contributed by atoms with Crippen molar-refractivity contribution in [3.8, 4) is 11.7 Å². The van der Waals surface area contributed by atoms with E-state index in [1.54, 1.807) is 13.8 Å². The molecule has 0 aliphatic rings. The first-order valence-electron chi connectivity index (χ1n) is 6.69. The first-order chi connectivity index (χ1) is 10.0. The van der Waals surface area contributed by atoms with Crippen LogP contribution in [0.15, 0.2) is 44.4 Å². The molecule has 0 atom stereocenters. The number of fused-ring (bicyclic) bond motifs is 1. The average Bonchev–Trinajstić information content (AvgIpc) is 3.02. The minimum Gasteiger partial charge on any atom is -0.451 e. The van der Waals surface area contributed by atoms with Crippen molar-refractivity contribution in [2.45, 2.75) is 31.1 Å². The molecule has 0 spiro atoms. The molecule has 5 nitrogen and oxygen atoms in total. The van der Waals surface area contributed by atoms with Gasteiger partial charge in [0.25, 0.3) is 11.1 Å². The normalized spacial score (nSPS) is 12.1. The maximum absolute atomic E-state index is 9.66. The summed E-state index contributed by atoms with van der Waals surface area (Å²) in [6.07, 6.45) is 0.653. The quantitative estimate of drug-likeness (QED) is 0.724. The summed E-state index contributed by atoms with van der Waals surface area (Å²) in [5.74, 6) is 1.65. The van der Waals surface area contributed by atoms with Gasteiger partial charge in [0.05, 0.1) is 5.60 Å². The number of para-hydroxylation sites is 1. The number of furan rings is 1. The zero-order valence-electron chi connectivity index (χ0n) is 11.9. The first-order valence-corrected chi connectivity index (χ1v) is 7.67. The molecule has 1 aromatic carbocycles. The topological polar surface area (TPSA) is 72.3 Å². The largest absolute Gasteiger partial charge is 0.451 e. The average molecular weight is 304 g/mol. The van der Waals surface area contributed by atoms with Gasteiger partial charge in [-0.3, -0.25) is 0 Å². The number of aliphatic hydroxyl groups is 1. The second kappa shape index (κ2) is 5.54. The van der Waals surface area contributed by atoms with Crippen molar-refractivity contribution >= 4 is 22.7 Å². The standard InChI is InChI=1S/C15H16N2O3S/c1-15(2,18)7-8-21-14-17-16-13(20-14)12-9-10-5-3-4-6-11(10)19-12/h3-6,9,18H,7-8H2,1-2H3. The maximum atomic E-state index is 9.66. The molecule has 0 saturated heterocycles. The van der Waals surface area contributed by atoms with E-state index in [0.717, 1.165) is 11.0 Å². The van der Waals surface area contributed by atoms with E-state index >= 15 is 0 Å². The molecule has 2 aromatic heterocycles. The Morgan fingerprint density at radius 3 is 2.76 bits per heavy atom. The highest BCUT2D eigenvalue weighted by Gasteiger charge is 2.16. The second-order valence-electron chi connectivity index (χ2n) is 5.43. The van der Waals surface area contributed by atoms with Crippen LogP contribution in [0.1, 0.15) is 20.3 Å². The third-order valence-corrected chi connectivity index (χ3v) is 3.80. The van der Waals surface area contributed by atoms with Crippen molar-refractivity contribution in [1.29, 1.82) is 0 Å². The minimum atomic E-state index is -0.686. The van der Waals surface area contributed by atoms with Gasteiger partial charge >= 0.3 is 0 Å². The van der Waals surface area contributed by atoms with Crippen LogP contribution < -0.4 is 0 Å². The van der Waals surface area contributed by atoms with Gasteiger partial charge in [-0.15, -0.1) is 10.2 Å². The van der Waals surface area contributed by atoms with Gasteiger partial charge in [0.1, 0.15) is 5.58 Å². The van der Waals surface area contributed by atoms with Gasteiger partial charge in [0, 0.05) is 11.1 Å². The van der Waals surface area contributed by atoms with Gasteiger partial charge < -0.3 is 13.9 Å². The monoisotopic (exact) mass is 304 g/mol. The Balaban J connectivity index is 1.72. The van der Waals surface area contributed by atoms with E-state index in [2.05, 4.69) is 10.2 Å². The number of aromatic nitrogens is 2. The van der Waals surface area contributed by atoms with Crippen LogP contribution in [0, 0.1) is 0 Å². The van der Waals surface area contributed by atoms with Crippen LogP contribution in [0.25, 0.3) is 22.6 Å². The van der Waals surface area contributed by atoms with Gasteiger partial charge in [0.15, 0.2) is 5.76 Å². The number of hydrogen-bond donors (Lipinski definition) is 1. The van der Waals surface area contributed by atoms with Gasteiger partial charge in [-0.25, -0.2) is 0 Å². The highest BCUT2D eigenvalue weighted by molar-refractivity contribution is 7.99. The number of nitrogens with zero attached hydrogens (tertiary/aromatic N) is 2. The van der Waals surface area contributed by atoms with E-state index in [1.807, 2.05) is 30.3 Å². The Labute approximate surface area is 126 Å². The predicted molar refractivity (Wildman–Crippen MR) is 81.1 cm³/mol. The maximum Gasteiger partial charge on any atom is 0.284 e. The fraction of sp³-hybridized carbons (Fsp3) is 0.333. The number of thioether (sulfide) groups is 1. The molecule has 110 valence electrons. The summed E-state index contributed by atoms with van der Waals surface area (Å²) in [5.41, 5.74) is 0.108. The first kappa shape index (κ1) is 14.2. The Kier molecular flexibility index (Phi) is 3.73. The lowest BCUT2D eigenvalue weighted by Crippen LogP contribution is -2.18. The molecule has 1 N–H and O–H groups in total. The van der Waals surface area contributed by atoms with Crippen molar-refractivity contribution in [2.75, 3.05) is 5.75 Å². The van der Waals surface area contributed by atoms with Crippen LogP contribution in [-0.4, -0.2) is 26.7 Å². The second-order valence-corrected chi connectivity index (χ2v) is 6.48. The van der Waals surface area contributed by atoms with Crippen molar-refractivity contribution in [3.63, 3.8) is 0 Å². The lowest BCUT2D eigenvalue weighted by Gasteiger charge is -2.15. The molecule has 3 aromatic rings. The smallest absolute Gasteiger partial charge is 0.284 e. The lowest BCUT2D eigenvalue weighted by atomic mass is 10.1. The van der Waals surface area contributed by atoms with Crippen molar-refractivity contribution in [3.05, 3.63) is 30.3 Å². The number of hydrogen-bond acceptors (Lipinski definition) is 6. The molecule has 0 bridgehead atoms. The molecule has 6 heteroatoms. The molecule has 0 aliphatic carbocycles. The van der Waals surface area contributed by atoms with E-state index in [4.69, 9.17) is 8.83 Å². The van der Waals surface area contributed by atoms with Crippen LogP contribution in [0.4, 0.5) is 0 Å². The summed E-state index contributed by atoms with van der Waals surface area (Å²) in [7, 11) is 0. The molecule has 0 fully saturated rings. The van der Waals surface area contributed by atoms with Crippen LogP contribution in [0.3, 0.4) is 0 Å². The fourth-order valence-electron chi connectivity index (χ4n) is 1.84. The number of rotatable bonds is 5. The molecule has 0 radical (unpaired) electrons. The van der Waals surface area contributed by atoms with Crippen molar-refractivity contribution in [1.82, 2.24) is 10.2 Å². The highest BCUT2D eigenvalue weighted by atomic mass is 32.2. The Hall–Kier alpha value is -1.79. The summed E-state index contributed by atoms with van der Waals surface area (Å²) in [6, 6.07) is 9.62. The van der Waals surface area contributed by atoms with E-state index in [-0.39, 0.29) is 0 Å². The zero-order chi connectivity index (χ0) is 14.9. The molecular weight excluding hydrogens is 288 g/mol. The van der Waals surface area contributed by atoms with Crippen LogP contribution in [0.5, 0.6) is 0 Å². The van der Waals surface area contributed by atoms with Crippen molar-refractivity contribution < 1.29 is 13.9 Å². The third kappa shape index (κ3) is 3.46. The van der Waals surface area contributed by atoms with E-state index in [1.165, 1.54) is 11.8 Å². The summed E-state index contributed by atoms with van der Waals surface area (Å²) < 4.78 is 11.3. The van der Waals surface area contributed by atoms with Crippen LogP contribution in [-0.2, 0) is 0 Å². The van der Waals surface area contributed by atoms with Gasteiger partial charge in [-0.2, -0.15) is 0 Å². The van der Waals surface area contributed by atoms with Gasteiger partial charge in [-0.05, 0) is 32.4 Å². The van der Waals surface area contributed by atoms with Crippen molar-refractivity contribution in [2.24, 2.45) is 0 Å². The minimum absolute atomic E-state index is 0.372. The molecule has 0 amide bonds. The summed E-state index contributed by atoms with van der Waals surface area (Å²) in [5, 5.41) is 19.1. The molecule has 2 heterocycles. The highest BCUT2D eigenvalue weighted by Crippen LogP contribution is 2.29.